The van der Waals surface area contributed by atoms with Gasteiger partial charge in [0.05, 0.1) is 14.2 Å². The lowest BCUT2D eigenvalue weighted by atomic mass is 9.98. The smallest absolute Gasteiger partial charge is 0.248 e. The lowest BCUT2D eigenvalue weighted by Crippen LogP contribution is -2.28. The van der Waals surface area contributed by atoms with Gasteiger partial charge in [-0.1, -0.05) is 0 Å². The second kappa shape index (κ2) is 5.52. The highest BCUT2D eigenvalue weighted by molar-refractivity contribution is 6.24. The van der Waals surface area contributed by atoms with E-state index in [-0.39, 0.29) is 28.7 Å². The molecule has 0 atom stereocenters. The third kappa shape index (κ3) is 2.25. The molecule has 0 fully saturated rings. The minimum absolute atomic E-state index is 0.0823. The standard InChI is InChI=1S/C13H13N3O4/c1-7-8(16-13-14-5-4-6-15-13)10(18)12(20-3)11(19-2)9(7)17/h4-6H,1-3H3,(H,14,15,16). The molecule has 1 aromatic heterocycles. The molecule has 20 heavy (non-hydrogen) atoms. The van der Waals surface area contributed by atoms with Gasteiger partial charge in [0.1, 0.15) is 5.70 Å². The van der Waals surface area contributed by atoms with E-state index in [0.717, 1.165) is 0 Å². The summed E-state index contributed by atoms with van der Waals surface area (Å²) in [5.74, 6) is -0.910. The number of nitrogens with zero attached hydrogens (tertiary/aromatic N) is 2. The van der Waals surface area contributed by atoms with Gasteiger partial charge in [0.15, 0.2) is 0 Å². The van der Waals surface area contributed by atoms with E-state index < -0.39 is 11.6 Å². The maximum absolute atomic E-state index is 12.3. The number of hydrogen-bond acceptors (Lipinski definition) is 7. The topological polar surface area (TPSA) is 90.4 Å². The maximum Gasteiger partial charge on any atom is 0.248 e. The molecule has 0 aliphatic heterocycles. The molecular weight excluding hydrogens is 262 g/mol. The summed E-state index contributed by atoms with van der Waals surface area (Å²) in [5, 5.41) is 2.74. The van der Waals surface area contributed by atoms with E-state index in [1.165, 1.54) is 33.5 Å². The minimum Gasteiger partial charge on any atom is -0.489 e. The van der Waals surface area contributed by atoms with Crippen molar-refractivity contribution in [3.8, 4) is 0 Å². The first-order valence-corrected chi connectivity index (χ1v) is 5.76. The summed E-state index contributed by atoms with van der Waals surface area (Å²) in [6, 6.07) is 1.64. The van der Waals surface area contributed by atoms with Crippen LogP contribution in [0.3, 0.4) is 0 Å². The number of carbonyl (C=O) groups is 2. The molecule has 0 saturated carbocycles. The molecule has 7 heteroatoms. The van der Waals surface area contributed by atoms with Gasteiger partial charge in [-0.25, -0.2) is 9.97 Å². The van der Waals surface area contributed by atoms with Crippen LogP contribution in [0, 0.1) is 0 Å². The minimum atomic E-state index is -0.478. The van der Waals surface area contributed by atoms with Gasteiger partial charge in [0.25, 0.3) is 0 Å². The fraction of sp³-hybridized carbons (Fsp3) is 0.231. The van der Waals surface area contributed by atoms with Crippen molar-refractivity contribution in [2.24, 2.45) is 0 Å². The van der Waals surface area contributed by atoms with Crippen LogP contribution in [0.25, 0.3) is 0 Å². The Kier molecular flexibility index (Phi) is 3.79. The number of rotatable bonds is 4. The molecule has 1 aliphatic carbocycles. The molecule has 2 rings (SSSR count). The van der Waals surface area contributed by atoms with Crippen molar-refractivity contribution < 1.29 is 19.1 Å². The monoisotopic (exact) mass is 275 g/mol. The van der Waals surface area contributed by atoms with Gasteiger partial charge < -0.3 is 14.8 Å². The van der Waals surface area contributed by atoms with E-state index in [1.54, 1.807) is 6.07 Å². The van der Waals surface area contributed by atoms with Crippen LogP contribution in [-0.2, 0) is 19.1 Å². The Morgan fingerprint density at radius 1 is 1.00 bits per heavy atom. The SMILES string of the molecule is COC1=C(OC)C(=O)C(Nc2ncccn2)=C(C)C1=O. The van der Waals surface area contributed by atoms with Crippen LogP contribution in [0.4, 0.5) is 5.95 Å². The zero-order valence-corrected chi connectivity index (χ0v) is 11.3. The fourth-order valence-electron chi connectivity index (χ4n) is 1.77. The Bertz CT molecular complexity index is 620. The number of ether oxygens (including phenoxy) is 2. The van der Waals surface area contributed by atoms with Gasteiger partial charge >= 0.3 is 0 Å². The molecule has 1 aliphatic rings. The van der Waals surface area contributed by atoms with E-state index >= 15 is 0 Å². The highest BCUT2D eigenvalue weighted by Gasteiger charge is 2.35. The summed E-state index contributed by atoms with van der Waals surface area (Å²) in [7, 11) is 2.61. The second-order valence-electron chi connectivity index (χ2n) is 3.92. The second-order valence-corrected chi connectivity index (χ2v) is 3.92. The number of aromatic nitrogens is 2. The molecule has 0 spiro atoms. The Labute approximate surface area is 115 Å². The van der Waals surface area contributed by atoms with E-state index in [2.05, 4.69) is 15.3 Å². The van der Waals surface area contributed by atoms with Crippen LogP contribution in [0.15, 0.2) is 41.2 Å². The fourth-order valence-corrected chi connectivity index (χ4v) is 1.77. The van der Waals surface area contributed by atoms with Gasteiger partial charge in [-0.3, -0.25) is 9.59 Å². The number of anilines is 1. The van der Waals surface area contributed by atoms with Crippen LogP contribution < -0.4 is 5.32 Å². The molecule has 1 N–H and O–H groups in total. The Morgan fingerprint density at radius 2 is 1.55 bits per heavy atom. The number of methoxy groups -OCH3 is 2. The third-order valence-electron chi connectivity index (χ3n) is 2.77. The molecule has 7 nitrogen and oxygen atoms in total. The molecule has 0 saturated heterocycles. The van der Waals surface area contributed by atoms with Crippen LogP contribution >= 0.6 is 0 Å². The number of allylic oxidation sites excluding steroid dienone is 1. The Morgan fingerprint density at radius 3 is 2.10 bits per heavy atom. The largest absolute Gasteiger partial charge is 0.489 e. The summed E-state index contributed by atoms with van der Waals surface area (Å²) < 4.78 is 9.90. The lowest BCUT2D eigenvalue weighted by Gasteiger charge is -2.20. The van der Waals surface area contributed by atoms with E-state index in [0.29, 0.717) is 0 Å². The third-order valence-corrected chi connectivity index (χ3v) is 2.77. The number of carbonyl (C=O) groups excluding carboxylic acids is 2. The summed E-state index contributed by atoms with van der Waals surface area (Å²) in [4.78, 5) is 32.3. The molecule has 0 radical (unpaired) electrons. The van der Waals surface area contributed by atoms with E-state index in [4.69, 9.17) is 9.47 Å². The highest BCUT2D eigenvalue weighted by atomic mass is 16.5. The predicted octanol–water partition coefficient (Wildman–Crippen LogP) is 0.819. The van der Waals surface area contributed by atoms with Crippen molar-refractivity contribution in [3.63, 3.8) is 0 Å². The van der Waals surface area contributed by atoms with Gasteiger partial charge in [-0.15, -0.1) is 0 Å². The van der Waals surface area contributed by atoms with Crippen LogP contribution in [0.5, 0.6) is 0 Å². The van der Waals surface area contributed by atoms with Crippen molar-refractivity contribution in [2.45, 2.75) is 6.92 Å². The summed E-state index contributed by atoms with van der Waals surface area (Å²) in [6.45, 7) is 1.52. The van der Waals surface area contributed by atoms with Crippen LogP contribution in [0.1, 0.15) is 6.92 Å². The molecule has 1 aromatic rings. The van der Waals surface area contributed by atoms with Crippen molar-refractivity contribution in [2.75, 3.05) is 19.5 Å². The molecular formula is C13H13N3O4. The zero-order chi connectivity index (χ0) is 14.7. The first-order valence-electron chi connectivity index (χ1n) is 5.76. The van der Waals surface area contributed by atoms with Crippen molar-refractivity contribution in [1.29, 1.82) is 0 Å². The molecule has 0 unspecified atom stereocenters. The average Bonchev–Trinajstić information content (AvgIpc) is 2.48. The summed E-state index contributed by atoms with van der Waals surface area (Å²) in [6.07, 6.45) is 3.04. The number of ketones is 2. The van der Waals surface area contributed by atoms with Crippen molar-refractivity contribution >= 4 is 17.5 Å². The number of nitrogens with one attached hydrogen (secondary N) is 1. The van der Waals surface area contributed by atoms with Crippen LogP contribution in [0.2, 0.25) is 0 Å². The van der Waals surface area contributed by atoms with Gasteiger partial charge in [-0.2, -0.15) is 0 Å². The maximum atomic E-state index is 12.3. The first kappa shape index (κ1) is 13.7. The van der Waals surface area contributed by atoms with Crippen molar-refractivity contribution in [1.82, 2.24) is 9.97 Å². The normalized spacial score (nSPS) is 15.6. The zero-order valence-electron chi connectivity index (χ0n) is 11.3. The van der Waals surface area contributed by atoms with Crippen molar-refractivity contribution in [3.05, 3.63) is 41.2 Å². The Hall–Kier alpha value is -2.70. The van der Waals surface area contributed by atoms with Gasteiger partial charge in [0, 0.05) is 18.0 Å². The summed E-state index contributed by atoms with van der Waals surface area (Å²) >= 11 is 0. The van der Waals surface area contributed by atoms with Gasteiger partial charge in [0.2, 0.25) is 29.0 Å². The quantitative estimate of drug-likeness (QED) is 0.813. The molecule has 104 valence electrons. The number of Topliss-reactive ketones (excluding diaryl/α,β-unsaturated/α-hetero) is 2. The summed E-state index contributed by atoms with van der Waals surface area (Å²) in [5.41, 5.74) is 0.305. The molecule has 0 amide bonds. The molecule has 0 bridgehead atoms. The predicted molar refractivity (Wildman–Crippen MR) is 69.4 cm³/mol. The Balaban J connectivity index is 2.41. The van der Waals surface area contributed by atoms with Gasteiger partial charge in [-0.05, 0) is 13.0 Å². The van der Waals surface area contributed by atoms with E-state index in [9.17, 15) is 9.59 Å². The number of hydrogen-bond donors (Lipinski definition) is 1. The lowest BCUT2D eigenvalue weighted by molar-refractivity contribution is -0.121. The molecule has 0 aromatic carbocycles. The highest BCUT2D eigenvalue weighted by Crippen LogP contribution is 2.25. The molecule has 1 heterocycles. The van der Waals surface area contributed by atoms with Crippen LogP contribution in [-0.4, -0.2) is 35.8 Å². The first-order chi connectivity index (χ1) is 9.60. The van der Waals surface area contributed by atoms with E-state index in [1.807, 2.05) is 0 Å². The average molecular weight is 275 g/mol.